The topological polar surface area (TPSA) is 58.6 Å². The van der Waals surface area contributed by atoms with Crippen LogP contribution >= 0.6 is 7.60 Å². The molecule has 7 heteroatoms. The Labute approximate surface area is 142 Å². The van der Waals surface area contributed by atoms with Gasteiger partial charge in [-0.1, -0.05) is 0 Å². The molecule has 0 bridgehead atoms. The van der Waals surface area contributed by atoms with Crippen molar-refractivity contribution in [3.63, 3.8) is 0 Å². The van der Waals surface area contributed by atoms with Crippen LogP contribution in [0, 0.1) is 6.42 Å². The summed E-state index contributed by atoms with van der Waals surface area (Å²) in [7, 11) is -3.35. The molecular weight excluding hydrogens is 249 g/mol. The standard InChI is InChI=1S/C9H18O4P.2Na/c1-5-9(10)8(4)14(11,12-6-2)13-7-3;;/h5,10H,6-7H2,1-4H3;;/q-1;2*+1/p-1/b9-8-;;. The maximum Gasteiger partial charge on any atom is 1.00 e. The van der Waals surface area contributed by atoms with Gasteiger partial charge >= 0.3 is 59.1 Å². The normalized spacial score (nSPS) is 12.0. The summed E-state index contributed by atoms with van der Waals surface area (Å²) in [5.41, 5.74) is 0. The summed E-state index contributed by atoms with van der Waals surface area (Å²) in [4.78, 5) is 0. The Morgan fingerprint density at radius 1 is 1.25 bits per heavy atom. The molecule has 0 aliphatic carbocycles. The van der Waals surface area contributed by atoms with Crippen LogP contribution < -0.4 is 64.2 Å². The zero-order valence-electron chi connectivity index (χ0n) is 11.1. The molecule has 0 aromatic carbocycles. The monoisotopic (exact) mass is 266 g/mol. The predicted molar refractivity (Wildman–Crippen MR) is 53.5 cm³/mol. The van der Waals surface area contributed by atoms with E-state index in [4.69, 9.17) is 9.05 Å². The van der Waals surface area contributed by atoms with Gasteiger partial charge in [0, 0.05) is 0 Å². The second kappa shape index (κ2) is 11.6. The van der Waals surface area contributed by atoms with Gasteiger partial charge in [0.2, 0.25) is 0 Å². The zero-order chi connectivity index (χ0) is 11.2. The molecule has 0 amide bonds. The van der Waals surface area contributed by atoms with Crippen LogP contribution in [0.4, 0.5) is 0 Å². The smallest absolute Gasteiger partial charge is 0.899 e. The third kappa shape index (κ3) is 7.10. The van der Waals surface area contributed by atoms with Crippen molar-refractivity contribution in [2.45, 2.75) is 27.7 Å². The fourth-order valence-corrected chi connectivity index (χ4v) is 2.46. The summed E-state index contributed by atoms with van der Waals surface area (Å²) in [6, 6.07) is 0. The summed E-state index contributed by atoms with van der Waals surface area (Å²) >= 11 is 0. The summed E-state index contributed by atoms with van der Waals surface area (Å²) in [5.74, 6) is -0.296. The summed E-state index contributed by atoms with van der Waals surface area (Å²) in [5, 5.41) is 11.4. The molecule has 16 heavy (non-hydrogen) atoms. The average Bonchev–Trinajstić information content (AvgIpc) is 2.16. The van der Waals surface area contributed by atoms with Crippen LogP contribution in [0.25, 0.3) is 0 Å². The number of allylic oxidation sites excluding steroid dienone is 2. The van der Waals surface area contributed by atoms with Crippen LogP contribution in [0.1, 0.15) is 27.7 Å². The van der Waals surface area contributed by atoms with Crippen LogP contribution in [0.2, 0.25) is 0 Å². The molecule has 0 atom stereocenters. The molecule has 0 fully saturated rings. The Kier molecular flexibility index (Phi) is 16.5. The number of hydrogen-bond acceptors (Lipinski definition) is 4. The van der Waals surface area contributed by atoms with E-state index in [-0.39, 0.29) is 83.4 Å². The Morgan fingerprint density at radius 2 is 1.62 bits per heavy atom. The first-order valence-electron chi connectivity index (χ1n) is 4.58. The summed E-state index contributed by atoms with van der Waals surface area (Å²) in [6.45, 7) is 7.00. The van der Waals surface area contributed by atoms with E-state index in [2.05, 4.69) is 0 Å². The first-order chi connectivity index (χ1) is 6.51. The third-order valence-electron chi connectivity index (χ3n) is 1.63. The van der Waals surface area contributed by atoms with E-state index < -0.39 is 7.60 Å². The van der Waals surface area contributed by atoms with Crippen LogP contribution in [0.15, 0.2) is 11.1 Å². The first kappa shape index (κ1) is 22.7. The molecule has 0 heterocycles. The van der Waals surface area contributed by atoms with Gasteiger partial charge in [0.1, 0.15) is 0 Å². The number of rotatable bonds is 6. The van der Waals surface area contributed by atoms with Gasteiger partial charge in [-0.25, -0.2) is 6.42 Å². The number of hydrogen-bond donors (Lipinski definition) is 0. The minimum Gasteiger partial charge on any atom is -0.899 e. The molecule has 0 aromatic rings. The Balaban J connectivity index is -0.000000845. The van der Waals surface area contributed by atoms with Gasteiger partial charge in [-0.15, -0.1) is 19.2 Å². The second-order valence-electron chi connectivity index (χ2n) is 2.57. The summed E-state index contributed by atoms with van der Waals surface area (Å²) < 4.78 is 22.0. The SMILES string of the molecule is C[CH-]/C([O-])=C(\C)P(=O)(OCC)OCC.[Na+].[Na+]. The Morgan fingerprint density at radius 3 is 1.88 bits per heavy atom. The molecule has 0 aliphatic heterocycles. The van der Waals surface area contributed by atoms with Crippen molar-refractivity contribution in [2.75, 3.05) is 13.2 Å². The van der Waals surface area contributed by atoms with Gasteiger partial charge in [0.15, 0.2) is 0 Å². The molecule has 0 spiro atoms. The van der Waals surface area contributed by atoms with Crippen molar-refractivity contribution < 1.29 is 77.8 Å². The Hall–Kier alpha value is 1.56. The molecule has 0 aromatic heterocycles. The molecule has 84 valence electrons. The van der Waals surface area contributed by atoms with Crippen molar-refractivity contribution in [2.24, 2.45) is 0 Å². The van der Waals surface area contributed by atoms with E-state index in [1.54, 1.807) is 20.8 Å². The van der Waals surface area contributed by atoms with E-state index in [9.17, 15) is 9.67 Å². The minimum absolute atomic E-state index is 0. The van der Waals surface area contributed by atoms with Crippen LogP contribution in [-0.2, 0) is 13.6 Å². The van der Waals surface area contributed by atoms with Crippen molar-refractivity contribution in [3.05, 3.63) is 17.5 Å². The minimum atomic E-state index is -3.35. The van der Waals surface area contributed by atoms with E-state index >= 15 is 0 Å². The van der Waals surface area contributed by atoms with Gasteiger partial charge in [-0.3, -0.25) is 10.3 Å². The molecule has 0 N–H and O–H groups in total. The molecule has 0 saturated heterocycles. The van der Waals surface area contributed by atoms with Gasteiger partial charge in [0.05, 0.1) is 13.2 Å². The first-order valence-corrected chi connectivity index (χ1v) is 6.13. The van der Waals surface area contributed by atoms with E-state index in [1.165, 1.54) is 13.3 Å². The Bertz CT molecular complexity index is 246. The van der Waals surface area contributed by atoms with Crippen molar-refractivity contribution >= 4 is 7.60 Å². The van der Waals surface area contributed by atoms with E-state index in [1.807, 2.05) is 0 Å². The van der Waals surface area contributed by atoms with Gasteiger partial charge in [0.25, 0.3) is 7.60 Å². The van der Waals surface area contributed by atoms with Crippen LogP contribution in [0.5, 0.6) is 0 Å². The average molecular weight is 266 g/mol. The van der Waals surface area contributed by atoms with Crippen molar-refractivity contribution in [1.82, 2.24) is 0 Å². The third-order valence-corrected chi connectivity index (χ3v) is 3.87. The van der Waals surface area contributed by atoms with Gasteiger partial charge in [-0.2, -0.15) is 0 Å². The van der Waals surface area contributed by atoms with Gasteiger partial charge in [-0.05, 0) is 13.8 Å². The van der Waals surface area contributed by atoms with Crippen LogP contribution in [-0.4, -0.2) is 13.2 Å². The maximum absolute atomic E-state index is 12.0. The predicted octanol–water partition coefficient (Wildman–Crippen LogP) is -3.92. The second-order valence-corrected chi connectivity index (χ2v) is 4.75. The molecular formula is C9H17Na2O4P. The molecule has 0 rings (SSSR count). The fraction of sp³-hybridized carbons (Fsp3) is 0.667. The quantitative estimate of drug-likeness (QED) is 0.213. The molecule has 0 radical (unpaired) electrons. The van der Waals surface area contributed by atoms with E-state index in [0.717, 1.165) is 0 Å². The fourth-order valence-electron chi connectivity index (χ4n) is 0.915. The van der Waals surface area contributed by atoms with Crippen molar-refractivity contribution in [1.29, 1.82) is 0 Å². The summed E-state index contributed by atoms with van der Waals surface area (Å²) in [6.07, 6.45) is 1.35. The maximum atomic E-state index is 12.0. The zero-order valence-corrected chi connectivity index (χ0v) is 16.0. The van der Waals surface area contributed by atoms with Gasteiger partial charge < -0.3 is 14.2 Å². The molecule has 0 unspecified atom stereocenters. The molecule has 0 aliphatic rings. The van der Waals surface area contributed by atoms with E-state index in [0.29, 0.717) is 0 Å². The molecule has 4 nitrogen and oxygen atoms in total. The van der Waals surface area contributed by atoms with Crippen LogP contribution in [0.3, 0.4) is 0 Å². The molecule has 0 saturated carbocycles. The van der Waals surface area contributed by atoms with Crippen molar-refractivity contribution in [3.8, 4) is 0 Å². The largest absolute Gasteiger partial charge is 1.00 e.